The van der Waals surface area contributed by atoms with Crippen LogP contribution < -0.4 is 0 Å². The van der Waals surface area contributed by atoms with Crippen LogP contribution in [-0.4, -0.2) is 54.5 Å². The van der Waals surface area contributed by atoms with Gasteiger partial charge in [0.25, 0.3) is 5.91 Å². The molecular formula is C29H30ClN5O3. The maximum absolute atomic E-state index is 13.4. The third-order valence-corrected chi connectivity index (χ3v) is 7.33. The molecule has 0 radical (unpaired) electrons. The van der Waals surface area contributed by atoms with Gasteiger partial charge in [0, 0.05) is 54.8 Å². The summed E-state index contributed by atoms with van der Waals surface area (Å²) in [4.78, 5) is 40.5. The molecule has 38 heavy (non-hydrogen) atoms. The summed E-state index contributed by atoms with van der Waals surface area (Å²) < 4.78 is 1.96. The van der Waals surface area contributed by atoms with Gasteiger partial charge < -0.3 is 14.6 Å². The zero-order chi connectivity index (χ0) is 26.6. The first-order valence-electron chi connectivity index (χ1n) is 12.9. The minimum atomic E-state index is -0.806. The predicted molar refractivity (Wildman–Crippen MR) is 146 cm³/mol. The van der Waals surface area contributed by atoms with Gasteiger partial charge in [-0.05, 0) is 62.4 Å². The first-order chi connectivity index (χ1) is 18.4. The van der Waals surface area contributed by atoms with E-state index in [9.17, 15) is 9.59 Å². The maximum atomic E-state index is 13.4. The fourth-order valence-electron chi connectivity index (χ4n) is 5.01. The summed E-state index contributed by atoms with van der Waals surface area (Å²) in [5, 5.41) is 9.63. The van der Waals surface area contributed by atoms with Gasteiger partial charge in [0.05, 0.1) is 34.4 Å². The smallest absolute Gasteiger partial charge is 0.303 e. The first-order valence-corrected chi connectivity index (χ1v) is 13.3. The second kappa shape index (κ2) is 11.3. The zero-order valence-corrected chi connectivity index (χ0v) is 22.1. The molecule has 9 heteroatoms. The number of halogens is 1. The number of piperidine rings is 1. The molecule has 0 aliphatic carbocycles. The third-order valence-electron chi connectivity index (χ3n) is 7.08. The lowest BCUT2D eigenvalue weighted by molar-refractivity contribution is -0.137. The molecule has 1 N–H and O–H groups in total. The second-order valence-corrected chi connectivity index (χ2v) is 10.3. The molecule has 4 aromatic rings. The van der Waals surface area contributed by atoms with Gasteiger partial charge in [0.15, 0.2) is 0 Å². The molecule has 1 saturated heterocycles. The Morgan fingerprint density at radius 2 is 1.79 bits per heavy atom. The van der Waals surface area contributed by atoms with Crippen molar-refractivity contribution in [1.82, 2.24) is 24.4 Å². The van der Waals surface area contributed by atoms with Gasteiger partial charge in [-0.2, -0.15) is 0 Å². The molecule has 2 aromatic heterocycles. The van der Waals surface area contributed by atoms with Crippen LogP contribution in [0.5, 0.6) is 0 Å². The van der Waals surface area contributed by atoms with Crippen LogP contribution in [0.3, 0.4) is 0 Å². The van der Waals surface area contributed by atoms with Crippen LogP contribution in [0.1, 0.15) is 59.8 Å². The lowest BCUT2D eigenvalue weighted by atomic mass is 9.93. The Labute approximate surface area is 226 Å². The van der Waals surface area contributed by atoms with E-state index in [2.05, 4.69) is 11.2 Å². The molecule has 196 valence electrons. The average Bonchev–Trinajstić information content (AvgIpc) is 3.36. The van der Waals surface area contributed by atoms with Gasteiger partial charge in [-0.3, -0.25) is 9.59 Å². The van der Waals surface area contributed by atoms with Crippen molar-refractivity contribution in [2.75, 3.05) is 13.1 Å². The summed E-state index contributed by atoms with van der Waals surface area (Å²) in [5.41, 5.74) is 5.48. The Morgan fingerprint density at radius 3 is 2.47 bits per heavy atom. The van der Waals surface area contributed by atoms with Crippen LogP contribution in [-0.2, 0) is 18.3 Å². The molecule has 3 heterocycles. The van der Waals surface area contributed by atoms with E-state index < -0.39 is 5.97 Å². The van der Waals surface area contributed by atoms with Crippen molar-refractivity contribution < 1.29 is 14.7 Å². The summed E-state index contributed by atoms with van der Waals surface area (Å²) in [6.45, 7) is 1.38. The van der Waals surface area contributed by atoms with E-state index in [-0.39, 0.29) is 12.3 Å². The molecule has 0 atom stereocenters. The number of rotatable bonds is 8. The summed E-state index contributed by atoms with van der Waals surface area (Å²) >= 11 is 6.09. The highest BCUT2D eigenvalue weighted by Gasteiger charge is 2.26. The van der Waals surface area contributed by atoms with Gasteiger partial charge in [-0.15, -0.1) is 0 Å². The van der Waals surface area contributed by atoms with Crippen molar-refractivity contribution in [3.63, 3.8) is 0 Å². The standard InChI is InChI=1S/C29H30ClN5O3/c1-34-17-26(31-18-34)19-12-14-35(15-13-19)29(38)21-8-11-23-25(16-21)32-24(4-2-3-5-27(36)37)28(33-23)20-6-9-22(30)10-7-20/h6-11,16-19H,2-5,12-15H2,1H3,(H,36,37). The summed E-state index contributed by atoms with van der Waals surface area (Å²) in [6.07, 6.45) is 7.60. The number of aryl methyl sites for hydroxylation is 2. The normalized spacial score (nSPS) is 14.2. The number of carbonyl (C=O) groups excluding carboxylic acids is 1. The molecule has 8 nitrogen and oxygen atoms in total. The number of carbonyl (C=O) groups is 2. The predicted octanol–water partition coefficient (Wildman–Crippen LogP) is 5.50. The maximum Gasteiger partial charge on any atom is 0.303 e. The van der Waals surface area contributed by atoms with E-state index in [1.165, 1.54) is 0 Å². The van der Waals surface area contributed by atoms with E-state index in [4.69, 9.17) is 26.7 Å². The van der Waals surface area contributed by atoms with Crippen LogP contribution in [0.15, 0.2) is 55.0 Å². The number of hydrogen-bond acceptors (Lipinski definition) is 5. The number of nitrogens with zero attached hydrogens (tertiary/aromatic N) is 5. The number of fused-ring (bicyclic) bond motifs is 1. The molecule has 1 fully saturated rings. The molecule has 0 bridgehead atoms. The van der Waals surface area contributed by atoms with Crippen LogP contribution in [0.25, 0.3) is 22.3 Å². The third kappa shape index (κ3) is 5.86. The highest BCUT2D eigenvalue weighted by molar-refractivity contribution is 6.30. The summed E-state index contributed by atoms with van der Waals surface area (Å²) in [6, 6.07) is 12.9. The Bertz CT molecular complexity index is 1460. The molecule has 2 aromatic carbocycles. The second-order valence-electron chi connectivity index (χ2n) is 9.86. The van der Waals surface area contributed by atoms with Crippen molar-refractivity contribution in [2.24, 2.45) is 7.05 Å². The molecule has 1 amide bonds. The Kier molecular flexibility index (Phi) is 7.69. The van der Waals surface area contributed by atoms with Crippen LogP contribution in [0.4, 0.5) is 0 Å². The van der Waals surface area contributed by atoms with Crippen molar-refractivity contribution in [3.05, 3.63) is 77.0 Å². The number of carboxylic acids is 1. The van der Waals surface area contributed by atoms with Crippen molar-refractivity contribution in [1.29, 1.82) is 0 Å². The van der Waals surface area contributed by atoms with E-state index in [0.29, 0.717) is 59.9 Å². The highest BCUT2D eigenvalue weighted by Crippen LogP contribution is 2.29. The van der Waals surface area contributed by atoms with Crippen LogP contribution in [0.2, 0.25) is 5.02 Å². The summed E-state index contributed by atoms with van der Waals surface area (Å²) in [5.74, 6) is -0.435. The minimum Gasteiger partial charge on any atom is -0.481 e. The Balaban J connectivity index is 1.37. The van der Waals surface area contributed by atoms with E-state index in [1.807, 2.05) is 65.3 Å². The number of aliphatic carboxylic acids is 1. The number of benzene rings is 2. The average molecular weight is 532 g/mol. The van der Waals surface area contributed by atoms with Gasteiger partial charge >= 0.3 is 5.97 Å². The van der Waals surface area contributed by atoms with Gasteiger partial charge in [0.2, 0.25) is 0 Å². The van der Waals surface area contributed by atoms with E-state index >= 15 is 0 Å². The number of unbranched alkanes of at least 4 members (excludes halogenated alkanes) is 1. The van der Waals surface area contributed by atoms with Crippen molar-refractivity contribution >= 4 is 34.5 Å². The highest BCUT2D eigenvalue weighted by atomic mass is 35.5. The number of likely N-dealkylation sites (tertiary alicyclic amines) is 1. The molecule has 1 aliphatic rings. The molecule has 0 unspecified atom stereocenters. The Hall–Kier alpha value is -3.78. The summed E-state index contributed by atoms with van der Waals surface area (Å²) in [7, 11) is 1.97. The van der Waals surface area contributed by atoms with Crippen LogP contribution in [0, 0.1) is 0 Å². The van der Waals surface area contributed by atoms with Gasteiger partial charge in [-0.1, -0.05) is 23.7 Å². The zero-order valence-electron chi connectivity index (χ0n) is 21.3. The monoisotopic (exact) mass is 531 g/mol. The minimum absolute atomic E-state index is 0.00189. The lowest BCUT2D eigenvalue weighted by Gasteiger charge is -2.31. The van der Waals surface area contributed by atoms with E-state index in [1.54, 1.807) is 0 Å². The first kappa shape index (κ1) is 25.9. The number of carboxylic acid groups (broad SMARTS) is 1. The SMILES string of the molecule is Cn1cnc(C2CCN(C(=O)c3ccc4nc(-c5ccc(Cl)cc5)c(CCCCC(=O)O)nc4c3)CC2)c1. The van der Waals surface area contributed by atoms with Crippen molar-refractivity contribution in [3.8, 4) is 11.3 Å². The number of imidazole rings is 1. The largest absolute Gasteiger partial charge is 0.481 e. The van der Waals surface area contributed by atoms with Crippen LogP contribution >= 0.6 is 11.6 Å². The number of aromatic nitrogens is 4. The Morgan fingerprint density at radius 1 is 1.03 bits per heavy atom. The molecule has 0 spiro atoms. The quantitative estimate of drug-likeness (QED) is 0.301. The van der Waals surface area contributed by atoms with Crippen molar-refractivity contribution in [2.45, 2.75) is 44.4 Å². The fourth-order valence-corrected chi connectivity index (χ4v) is 5.14. The van der Waals surface area contributed by atoms with Gasteiger partial charge in [-0.25, -0.2) is 15.0 Å². The van der Waals surface area contributed by atoms with Gasteiger partial charge in [0.1, 0.15) is 0 Å². The molecular weight excluding hydrogens is 502 g/mol. The molecule has 0 saturated carbocycles. The molecule has 1 aliphatic heterocycles. The molecule has 5 rings (SSSR count). The lowest BCUT2D eigenvalue weighted by Crippen LogP contribution is -2.38. The fraction of sp³-hybridized carbons (Fsp3) is 0.345. The number of hydrogen-bond donors (Lipinski definition) is 1. The van der Waals surface area contributed by atoms with E-state index in [0.717, 1.165) is 35.5 Å². The topological polar surface area (TPSA) is 101 Å². The number of amides is 1.